The maximum atomic E-state index is 12.8. The molecule has 168 valence electrons. The van der Waals surface area contributed by atoms with Crippen LogP contribution < -0.4 is 15.0 Å². The van der Waals surface area contributed by atoms with Gasteiger partial charge in [-0.1, -0.05) is 18.2 Å². The number of aromatic nitrogens is 1. The largest absolute Gasteiger partial charge is 0.573 e. The topological polar surface area (TPSA) is 71.5 Å². The Morgan fingerprint density at radius 3 is 2.31 bits per heavy atom. The number of anilines is 2. The molecule has 0 aliphatic heterocycles. The van der Waals surface area contributed by atoms with E-state index < -0.39 is 6.36 Å². The van der Waals surface area contributed by atoms with Crippen LogP contribution in [0.2, 0.25) is 0 Å². The highest BCUT2D eigenvalue weighted by molar-refractivity contribution is 6.08. The van der Waals surface area contributed by atoms with Crippen LogP contribution in [0.15, 0.2) is 48.0 Å². The van der Waals surface area contributed by atoms with Crippen molar-refractivity contribution in [3.05, 3.63) is 48.0 Å². The smallest absolute Gasteiger partial charge is 0.406 e. The molecule has 0 unspecified atom stereocenters. The number of rotatable bonds is 7. The second-order valence-corrected chi connectivity index (χ2v) is 8.14. The van der Waals surface area contributed by atoms with Gasteiger partial charge in [0, 0.05) is 17.5 Å². The Balaban J connectivity index is 1.70. The van der Waals surface area contributed by atoms with E-state index in [0.717, 1.165) is 12.8 Å². The predicted molar refractivity (Wildman–Crippen MR) is 113 cm³/mol. The molecule has 0 saturated heterocycles. The number of hydrogen-bond donors (Lipinski definition) is 1. The van der Waals surface area contributed by atoms with Gasteiger partial charge in [-0.15, -0.1) is 13.2 Å². The van der Waals surface area contributed by atoms with Crippen LogP contribution in [0.25, 0.3) is 11.1 Å². The van der Waals surface area contributed by atoms with E-state index in [1.807, 2.05) is 19.9 Å². The summed E-state index contributed by atoms with van der Waals surface area (Å²) in [6, 6.07) is 8.53. The van der Waals surface area contributed by atoms with E-state index in [9.17, 15) is 22.8 Å². The molecule has 1 fully saturated rings. The molecule has 0 radical (unpaired) electrons. The lowest BCUT2D eigenvalue weighted by Gasteiger charge is -2.26. The molecule has 2 aliphatic rings. The third kappa shape index (κ3) is 5.27. The Labute approximate surface area is 183 Å². The zero-order chi connectivity index (χ0) is 23.0. The SMILES string of the molecule is CC(C)N(C(=O)C1=CC1)c1cc(-c2ccc(OC(F)(F)F)cc2)cc(NC(=O)C2CC2)n1. The lowest BCUT2D eigenvalue weighted by atomic mass is 10.1. The summed E-state index contributed by atoms with van der Waals surface area (Å²) in [6.45, 7) is 3.72. The molecule has 1 aromatic heterocycles. The first-order chi connectivity index (χ1) is 15.1. The molecule has 4 rings (SSSR count). The van der Waals surface area contributed by atoms with Crippen molar-refractivity contribution >= 4 is 23.5 Å². The number of halogens is 3. The Morgan fingerprint density at radius 1 is 1.12 bits per heavy atom. The lowest BCUT2D eigenvalue weighted by molar-refractivity contribution is -0.274. The monoisotopic (exact) mass is 445 g/mol. The minimum atomic E-state index is -4.78. The normalized spacial score (nSPS) is 15.2. The second-order valence-electron chi connectivity index (χ2n) is 8.14. The van der Waals surface area contributed by atoms with E-state index in [0.29, 0.717) is 28.9 Å². The van der Waals surface area contributed by atoms with Crippen LogP contribution in [0, 0.1) is 5.92 Å². The molecule has 2 aromatic rings. The van der Waals surface area contributed by atoms with Crippen molar-refractivity contribution < 1.29 is 27.5 Å². The fourth-order valence-corrected chi connectivity index (χ4v) is 3.28. The van der Waals surface area contributed by atoms with E-state index in [-0.39, 0.29) is 35.3 Å². The zero-order valence-corrected chi connectivity index (χ0v) is 17.6. The Kier molecular flexibility index (Phi) is 5.66. The molecule has 2 amide bonds. The van der Waals surface area contributed by atoms with Crippen LogP contribution in [0.4, 0.5) is 24.8 Å². The Morgan fingerprint density at radius 2 is 1.78 bits per heavy atom. The van der Waals surface area contributed by atoms with Gasteiger partial charge in [0.15, 0.2) is 0 Å². The van der Waals surface area contributed by atoms with Gasteiger partial charge in [0.2, 0.25) is 5.91 Å². The first kappa shape index (κ1) is 21.9. The van der Waals surface area contributed by atoms with Gasteiger partial charge in [-0.25, -0.2) is 4.98 Å². The van der Waals surface area contributed by atoms with Crippen molar-refractivity contribution in [2.75, 3.05) is 10.2 Å². The van der Waals surface area contributed by atoms with Gasteiger partial charge >= 0.3 is 6.36 Å². The average molecular weight is 445 g/mol. The number of alkyl halides is 3. The molecule has 1 saturated carbocycles. The second kappa shape index (κ2) is 8.29. The van der Waals surface area contributed by atoms with Crippen LogP contribution in [-0.4, -0.2) is 29.2 Å². The number of carbonyl (C=O) groups is 2. The molecule has 1 aromatic carbocycles. The van der Waals surface area contributed by atoms with E-state index in [1.54, 1.807) is 17.0 Å². The number of nitrogens with zero attached hydrogens (tertiary/aromatic N) is 2. The number of amides is 2. The van der Waals surface area contributed by atoms with Crippen LogP contribution in [0.1, 0.15) is 33.1 Å². The van der Waals surface area contributed by atoms with Crippen LogP contribution >= 0.6 is 0 Å². The molecule has 1 N–H and O–H groups in total. The molecule has 0 spiro atoms. The number of nitrogens with one attached hydrogen (secondary N) is 1. The summed E-state index contributed by atoms with van der Waals surface area (Å²) in [7, 11) is 0. The van der Waals surface area contributed by atoms with Crippen molar-refractivity contribution in [2.24, 2.45) is 5.92 Å². The van der Waals surface area contributed by atoms with Crippen molar-refractivity contribution in [3.63, 3.8) is 0 Å². The molecular formula is C23H22F3N3O3. The minimum Gasteiger partial charge on any atom is -0.406 e. The summed E-state index contributed by atoms with van der Waals surface area (Å²) < 4.78 is 41.3. The van der Waals surface area contributed by atoms with Gasteiger partial charge in [0.05, 0.1) is 0 Å². The fourth-order valence-electron chi connectivity index (χ4n) is 3.28. The molecule has 2 aliphatic carbocycles. The summed E-state index contributed by atoms with van der Waals surface area (Å²) in [5.41, 5.74) is 1.89. The molecule has 0 atom stereocenters. The fraction of sp³-hybridized carbons (Fsp3) is 0.348. The number of benzene rings is 1. The Bertz CT molecular complexity index is 1070. The standard InChI is InChI=1S/C23H22F3N3O3/c1-13(2)29(22(31)16-5-6-16)20-12-17(11-19(27-20)28-21(30)15-3-4-15)14-7-9-18(10-8-14)32-23(24,25)26/h5,7-13,15H,3-4,6H2,1-2H3,(H,27,28,30). The maximum absolute atomic E-state index is 12.8. The third-order valence-corrected chi connectivity index (χ3v) is 5.10. The van der Waals surface area contributed by atoms with Gasteiger partial charge in [-0.05, 0) is 68.5 Å². The first-order valence-corrected chi connectivity index (χ1v) is 10.3. The highest BCUT2D eigenvalue weighted by atomic mass is 19.4. The zero-order valence-electron chi connectivity index (χ0n) is 17.6. The molecule has 9 heteroatoms. The lowest BCUT2D eigenvalue weighted by Crippen LogP contribution is -2.37. The van der Waals surface area contributed by atoms with Crippen LogP contribution in [0.5, 0.6) is 5.75 Å². The summed E-state index contributed by atoms with van der Waals surface area (Å²) in [4.78, 5) is 31.2. The molecule has 0 bridgehead atoms. The maximum Gasteiger partial charge on any atom is 0.573 e. The third-order valence-electron chi connectivity index (χ3n) is 5.10. The summed E-state index contributed by atoms with van der Waals surface area (Å²) >= 11 is 0. The van der Waals surface area contributed by atoms with E-state index in [1.165, 1.54) is 24.3 Å². The minimum absolute atomic E-state index is 0.0397. The van der Waals surface area contributed by atoms with Gasteiger partial charge in [-0.2, -0.15) is 0 Å². The number of hydrogen-bond acceptors (Lipinski definition) is 4. The Hall–Kier alpha value is -3.36. The van der Waals surface area contributed by atoms with Crippen molar-refractivity contribution in [1.29, 1.82) is 0 Å². The number of allylic oxidation sites excluding steroid dienone is 1. The summed E-state index contributed by atoms with van der Waals surface area (Å²) in [5.74, 6) is -0.0234. The van der Waals surface area contributed by atoms with Crippen LogP contribution in [0.3, 0.4) is 0 Å². The highest BCUT2D eigenvalue weighted by Gasteiger charge is 2.32. The van der Waals surface area contributed by atoms with Gasteiger partial charge in [0.25, 0.3) is 5.91 Å². The average Bonchev–Trinajstić information content (AvgIpc) is 3.60. The van der Waals surface area contributed by atoms with E-state index in [4.69, 9.17) is 0 Å². The number of pyridine rings is 1. The van der Waals surface area contributed by atoms with E-state index in [2.05, 4.69) is 15.0 Å². The van der Waals surface area contributed by atoms with Crippen molar-refractivity contribution in [3.8, 4) is 16.9 Å². The predicted octanol–water partition coefficient (Wildman–Crippen LogP) is 5.07. The highest BCUT2D eigenvalue weighted by Crippen LogP contribution is 2.34. The number of ether oxygens (including phenoxy) is 1. The summed E-state index contributed by atoms with van der Waals surface area (Å²) in [5, 5.41) is 2.80. The van der Waals surface area contributed by atoms with Gasteiger partial charge < -0.3 is 10.1 Å². The molecule has 32 heavy (non-hydrogen) atoms. The first-order valence-electron chi connectivity index (χ1n) is 10.3. The molecular weight excluding hydrogens is 423 g/mol. The molecule has 1 heterocycles. The van der Waals surface area contributed by atoms with Gasteiger partial charge in [-0.3, -0.25) is 14.5 Å². The van der Waals surface area contributed by atoms with Gasteiger partial charge in [0.1, 0.15) is 17.4 Å². The van der Waals surface area contributed by atoms with E-state index >= 15 is 0 Å². The van der Waals surface area contributed by atoms with Crippen LogP contribution in [-0.2, 0) is 9.59 Å². The number of carbonyl (C=O) groups excluding carboxylic acids is 2. The van der Waals surface area contributed by atoms with Crippen molar-refractivity contribution in [2.45, 2.75) is 45.5 Å². The quantitative estimate of drug-likeness (QED) is 0.646. The summed E-state index contributed by atoms with van der Waals surface area (Å²) in [6.07, 6.45) is -0.667. The van der Waals surface area contributed by atoms with Crippen molar-refractivity contribution in [1.82, 2.24) is 4.98 Å². The molecule has 6 nitrogen and oxygen atoms in total.